The van der Waals surface area contributed by atoms with Gasteiger partial charge in [-0.1, -0.05) is 12.5 Å². The lowest BCUT2D eigenvalue weighted by Gasteiger charge is -2.17. The Bertz CT molecular complexity index is 519. The molecule has 0 spiro atoms. The second kappa shape index (κ2) is 5.71. The minimum absolute atomic E-state index is 0.0642. The average molecular weight is 327 g/mol. The molecule has 2 rings (SSSR count). The molecule has 19 heavy (non-hydrogen) atoms. The Morgan fingerprint density at radius 2 is 2.11 bits per heavy atom. The number of carbonyl (C=O) groups excluding carboxylic acids is 1. The third-order valence-corrected chi connectivity index (χ3v) is 4.06. The summed E-state index contributed by atoms with van der Waals surface area (Å²) in [6.45, 7) is 0. The van der Waals surface area contributed by atoms with Gasteiger partial charge in [-0.2, -0.15) is 0 Å². The number of halogens is 1. The fraction of sp³-hybridized carbons (Fsp3) is 0.385. The molecule has 0 heterocycles. The first-order valence-electron chi connectivity index (χ1n) is 6.09. The van der Waals surface area contributed by atoms with E-state index in [9.17, 15) is 9.59 Å². The van der Waals surface area contributed by atoms with Crippen LogP contribution in [0.15, 0.2) is 22.7 Å². The number of hydrogen-bond donors (Lipinski definition) is 3. The predicted molar refractivity (Wildman–Crippen MR) is 75.0 cm³/mol. The smallest absolute Gasteiger partial charge is 0.337 e. The van der Waals surface area contributed by atoms with Crippen LogP contribution >= 0.6 is 15.9 Å². The van der Waals surface area contributed by atoms with Crippen molar-refractivity contribution in [2.75, 3.05) is 5.32 Å². The predicted octanol–water partition coefficient (Wildman–Crippen LogP) is 2.21. The number of benzene rings is 1. The van der Waals surface area contributed by atoms with Crippen LogP contribution in [0.3, 0.4) is 0 Å². The van der Waals surface area contributed by atoms with Gasteiger partial charge in [0.2, 0.25) is 5.91 Å². The Kier molecular flexibility index (Phi) is 4.21. The molecular weight excluding hydrogens is 312 g/mol. The lowest BCUT2D eigenvalue weighted by atomic mass is 10.0. The molecule has 1 fully saturated rings. The highest BCUT2D eigenvalue weighted by molar-refractivity contribution is 9.10. The molecule has 1 aliphatic carbocycles. The van der Waals surface area contributed by atoms with E-state index in [1.165, 1.54) is 6.07 Å². The molecule has 0 aromatic heterocycles. The molecule has 0 radical (unpaired) electrons. The summed E-state index contributed by atoms with van der Waals surface area (Å²) in [5, 5.41) is 11.8. The molecule has 1 aromatic carbocycles. The zero-order valence-electron chi connectivity index (χ0n) is 10.2. The van der Waals surface area contributed by atoms with E-state index in [4.69, 9.17) is 10.8 Å². The van der Waals surface area contributed by atoms with E-state index in [0.29, 0.717) is 10.2 Å². The number of nitrogens with one attached hydrogen (secondary N) is 1. The zero-order chi connectivity index (χ0) is 14.0. The van der Waals surface area contributed by atoms with E-state index in [1.54, 1.807) is 12.1 Å². The summed E-state index contributed by atoms with van der Waals surface area (Å²) >= 11 is 3.26. The van der Waals surface area contributed by atoms with Gasteiger partial charge in [-0.3, -0.25) is 4.79 Å². The first-order chi connectivity index (χ1) is 9.00. The topological polar surface area (TPSA) is 92.4 Å². The van der Waals surface area contributed by atoms with Gasteiger partial charge in [0.05, 0.1) is 17.2 Å². The minimum atomic E-state index is -1.08. The lowest BCUT2D eigenvalue weighted by Crippen LogP contribution is -2.34. The monoisotopic (exact) mass is 326 g/mol. The van der Waals surface area contributed by atoms with Crippen molar-refractivity contribution in [1.82, 2.24) is 0 Å². The van der Waals surface area contributed by atoms with E-state index < -0.39 is 5.97 Å². The summed E-state index contributed by atoms with van der Waals surface area (Å²) < 4.78 is 0.548. The number of carboxylic acid groups (broad SMARTS) is 1. The summed E-state index contributed by atoms with van der Waals surface area (Å²) in [5.74, 6) is -1.53. The van der Waals surface area contributed by atoms with Crippen LogP contribution in [-0.2, 0) is 4.79 Å². The first-order valence-corrected chi connectivity index (χ1v) is 6.88. The van der Waals surface area contributed by atoms with Crippen LogP contribution in [0.5, 0.6) is 0 Å². The maximum atomic E-state index is 12.1. The largest absolute Gasteiger partial charge is 0.478 e. The summed E-state index contributed by atoms with van der Waals surface area (Å²) in [6, 6.07) is 4.62. The van der Waals surface area contributed by atoms with Crippen LogP contribution in [0.1, 0.15) is 29.6 Å². The second-order valence-corrected chi connectivity index (χ2v) is 5.51. The van der Waals surface area contributed by atoms with Gasteiger partial charge in [0, 0.05) is 10.5 Å². The van der Waals surface area contributed by atoms with Crippen molar-refractivity contribution in [1.29, 1.82) is 0 Å². The van der Waals surface area contributed by atoms with Crippen LogP contribution in [-0.4, -0.2) is 23.0 Å². The van der Waals surface area contributed by atoms with Gasteiger partial charge < -0.3 is 16.2 Å². The number of para-hydroxylation sites is 1. The second-order valence-electron chi connectivity index (χ2n) is 4.66. The number of carboxylic acids is 1. The van der Waals surface area contributed by atoms with E-state index in [-0.39, 0.29) is 23.4 Å². The Labute approximate surface area is 119 Å². The number of amides is 1. The highest BCUT2D eigenvalue weighted by Gasteiger charge is 2.31. The number of nitrogens with two attached hydrogens (primary N) is 1. The van der Waals surface area contributed by atoms with Crippen molar-refractivity contribution >= 4 is 33.5 Å². The SMILES string of the molecule is NC1CCCC1C(=O)Nc1c(Br)cccc1C(=O)O. The number of hydrogen-bond acceptors (Lipinski definition) is 3. The molecule has 1 amide bonds. The van der Waals surface area contributed by atoms with Crippen molar-refractivity contribution < 1.29 is 14.7 Å². The van der Waals surface area contributed by atoms with Crippen LogP contribution in [0.25, 0.3) is 0 Å². The van der Waals surface area contributed by atoms with Gasteiger partial charge in [-0.25, -0.2) is 4.79 Å². The fourth-order valence-corrected chi connectivity index (χ4v) is 2.82. The maximum Gasteiger partial charge on any atom is 0.337 e. The molecule has 0 aliphatic heterocycles. The Hall–Kier alpha value is -1.40. The zero-order valence-corrected chi connectivity index (χ0v) is 11.8. The van der Waals surface area contributed by atoms with Crippen molar-refractivity contribution in [2.45, 2.75) is 25.3 Å². The Balaban J connectivity index is 2.23. The molecule has 0 saturated heterocycles. The van der Waals surface area contributed by atoms with Crippen molar-refractivity contribution in [2.24, 2.45) is 11.7 Å². The van der Waals surface area contributed by atoms with Crippen LogP contribution < -0.4 is 11.1 Å². The third-order valence-electron chi connectivity index (χ3n) is 3.40. The Morgan fingerprint density at radius 1 is 1.37 bits per heavy atom. The summed E-state index contributed by atoms with van der Waals surface area (Å²) in [4.78, 5) is 23.3. The summed E-state index contributed by atoms with van der Waals surface area (Å²) in [5.41, 5.74) is 6.24. The van der Waals surface area contributed by atoms with E-state index in [0.717, 1.165) is 19.3 Å². The minimum Gasteiger partial charge on any atom is -0.478 e. The average Bonchev–Trinajstić information content (AvgIpc) is 2.77. The molecule has 5 nitrogen and oxygen atoms in total. The van der Waals surface area contributed by atoms with Crippen LogP contribution in [0.2, 0.25) is 0 Å². The molecule has 6 heteroatoms. The standard InChI is InChI=1S/C13H15BrN2O3/c14-9-5-1-4-8(13(18)19)11(9)16-12(17)7-3-2-6-10(7)15/h1,4-5,7,10H,2-3,6,15H2,(H,16,17)(H,18,19). The van der Waals surface area contributed by atoms with E-state index in [1.807, 2.05) is 0 Å². The lowest BCUT2D eigenvalue weighted by molar-refractivity contribution is -0.120. The molecule has 1 aliphatic rings. The molecule has 2 unspecified atom stereocenters. The fourth-order valence-electron chi connectivity index (χ4n) is 2.36. The molecule has 1 aromatic rings. The third kappa shape index (κ3) is 2.96. The van der Waals surface area contributed by atoms with Crippen molar-refractivity contribution in [3.63, 3.8) is 0 Å². The summed E-state index contributed by atoms with van der Waals surface area (Å²) in [7, 11) is 0. The number of anilines is 1. The van der Waals surface area contributed by atoms with Crippen LogP contribution in [0, 0.1) is 5.92 Å². The first kappa shape index (κ1) is 14.0. The number of rotatable bonds is 3. The molecular formula is C13H15BrN2O3. The summed E-state index contributed by atoms with van der Waals surface area (Å²) in [6.07, 6.45) is 2.51. The highest BCUT2D eigenvalue weighted by atomic mass is 79.9. The quantitative estimate of drug-likeness (QED) is 0.794. The number of carbonyl (C=O) groups is 2. The molecule has 2 atom stereocenters. The number of aromatic carboxylic acids is 1. The van der Waals surface area contributed by atoms with E-state index >= 15 is 0 Å². The van der Waals surface area contributed by atoms with Gasteiger partial charge >= 0.3 is 5.97 Å². The van der Waals surface area contributed by atoms with Crippen molar-refractivity contribution in [3.05, 3.63) is 28.2 Å². The molecule has 4 N–H and O–H groups in total. The van der Waals surface area contributed by atoms with Gasteiger partial charge in [0.1, 0.15) is 0 Å². The molecule has 1 saturated carbocycles. The molecule has 0 bridgehead atoms. The van der Waals surface area contributed by atoms with Gasteiger partial charge in [0.15, 0.2) is 0 Å². The Morgan fingerprint density at radius 3 is 2.68 bits per heavy atom. The van der Waals surface area contributed by atoms with Crippen molar-refractivity contribution in [3.8, 4) is 0 Å². The normalized spacial score (nSPS) is 22.2. The maximum absolute atomic E-state index is 12.1. The van der Waals surface area contributed by atoms with Gasteiger partial charge in [-0.15, -0.1) is 0 Å². The van der Waals surface area contributed by atoms with E-state index in [2.05, 4.69) is 21.2 Å². The highest BCUT2D eigenvalue weighted by Crippen LogP contribution is 2.30. The van der Waals surface area contributed by atoms with Gasteiger partial charge in [-0.05, 0) is 40.9 Å². The van der Waals surface area contributed by atoms with Gasteiger partial charge in [0.25, 0.3) is 0 Å². The van der Waals surface area contributed by atoms with Crippen LogP contribution in [0.4, 0.5) is 5.69 Å². The molecule has 102 valence electrons.